The molecule has 1 amide bonds. The van der Waals surface area contributed by atoms with Crippen LogP contribution in [0.5, 0.6) is 0 Å². The zero-order valence-electron chi connectivity index (χ0n) is 11.1. The van der Waals surface area contributed by atoms with Gasteiger partial charge in [-0.3, -0.25) is 4.79 Å². The minimum atomic E-state index is 0.0178. The number of carbonyl (C=O) groups is 1. The van der Waals surface area contributed by atoms with Crippen LogP contribution in [0.4, 0.5) is 5.13 Å². The molecule has 1 aromatic heterocycles. The summed E-state index contributed by atoms with van der Waals surface area (Å²) < 4.78 is 0. The van der Waals surface area contributed by atoms with Crippen molar-refractivity contribution in [2.75, 3.05) is 11.9 Å². The van der Waals surface area contributed by atoms with Gasteiger partial charge in [-0.05, 0) is 32.2 Å². The molecule has 0 spiro atoms. The summed E-state index contributed by atoms with van der Waals surface area (Å²) in [5.41, 5.74) is 5.58. The van der Waals surface area contributed by atoms with E-state index in [4.69, 9.17) is 5.73 Å². The summed E-state index contributed by atoms with van der Waals surface area (Å²) in [6, 6.07) is 0. The fraction of sp³-hybridized carbons (Fsp3) is 0.750. The summed E-state index contributed by atoms with van der Waals surface area (Å²) in [7, 11) is 0. The van der Waals surface area contributed by atoms with Crippen LogP contribution in [-0.2, 0) is 4.79 Å². The molecule has 1 atom stereocenters. The molecule has 5 nitrogen and oxygen atoms in total. The second-order valence-electron chi connectivity index (χ2n) is 4.45. The Morgan fingerprint density at radius 1 is 1.39 bits per heavy atom. The number of nitrogens with one attached hydrogen (secondary N) is 1. The number of nitrogens with two attached hydrogens (primary N) is 1. The number of rotatable bonds is 8. The molecule has 1 rings (SSSR count). The van der Waals surface area contributed by atoms with Crippen molar-refractivity contribution in [2.45, 2.75) is 46.0 Å². The number of aryl methyl sites for hydroxylation is 1. The number of carbonyl (C=O) groups excluding carboxylic acids is 1. The van der Waals surface area contributed by atoms with Crippen LogP contribution in [0.2, 0.25) is 0 Å². The first-order valence-corrected chi connectivity index (χ1v) is 7.27. The summed E-state index contributed by atoms with van der Waals surface area (Å²) in [6.07, 6.45) is 4.71. The van der Waals surface area contributed by atoms with Crippen molar-refractivity contribution in [3.63, 3.8) is 0 Å². The lowest BCUT2D eigenvalue weighted by molar-refractivity contribution is -0.116. The van der Waals surface area contributed by atoms with E-state index in [0.717, 1.165) is 30.7 Å². The molecule has 0 fully saturated rings. The van der Waals surface area contributed by atoms with E-state index in [1.807, 2.05) is 6.92 Å². The average Bonchev–Trinajstić information content (AvgIpc) is 2.72. The summed E-state index contributed by atoms with van der Waals surface area (Å²) in [6.45, 7) is 4.72. The van der Waals surface area contributed by atoms with Gasteiger partial charge in [0, 0.05) is 6.42 Å². The predicted octanol–water partition coefficient (Wildman–Crippen LogP) is 2.33. The Morgan fingerprint density at radius 2 is 2.17 bits per heavy atom. The summed E-state index contributed by atoms with van der Waals surface area (Å²) in [5.74, 6) is 0.575. The van der Waals surface area contributed by atoms with E-state index in [0.29, 0.717) is 24.0 Å². The Labute approximate surface area is 112 Å². The molecular weight excluding hydrogens is 248 g/mol. The Bertz CT molecular complexity index is 361. The first-order valence-electron chi connectivity index (χ1n) is 6.45. The highest BCUT2D eigenvalue weighted by atomic mass is 32.1. The lowest BCUT2D eigenvalue weighted by Gasteiger charge is -2.14. The van der Waals surface area contributed by atoms with Crippen LogP contribution >= 0.6 is 11.3 Å². The number of hydrogen-bond donors (Lipinski definition) is 2. The van der Waals surface area contributed by atoms with E-state index in [9.17, 15) is 4.79 Å². The second kappa shape index (κ2) is 8.16. The predicted molar refractivity (Wildman–Crippen MR) is 74.6 cm³/mol. The minimum Gasteiger partial charge on any atom is -0.330 e. The maximum Gasteiger partial charge on any atom is 0.226 e. The van der Waals surface area contributed by atoms with Crippen molar-refractivity contribution in [1.29, 1.82) is 0 Å². The fourth-order valence-corrected chi connectivity index (χ4v) is 2.55. The van der Waals surface area contributed by atoms with Crippen molar-refractivity contribution in [3.05, 3.63) is 5.01 Å². The highest BCUT2D eigenvalue weighted by Crippen LogP contribution is 2.18. The molecule has 0 aliphatic rings. The Balaban J connectivity index is 2.30. The molecule has 0 aliphatic heterocycles. The maximum absolute atomic E-state index is 11.7. The molecule has 0 aromatic carbocycles. The average molecular weight is 270 g/mol. The normalized spacial score (nSPS) is 12.4. The Hall–Kier alpha value is -1.01. The fourth-order valence-electron chi connectivity index (χ4n) is 1.94. The Morgan fingerprint density at radius 3 is 2.72 bits per heavy atom. The van der Waals surface area contributed by atoms with Crippen LogP contribution < -0.4 is 11.1 Å². The van der Waals surface area contributed by atoms with Gasteiger partial charge in [0.25, 0.3) is 0 Å². The summed E-state index contributed by atoms with van der Waals surface area (Å²) in [4.78, 5) is 11.7. The first kappa shape index (κ1) is 15.0. The minimum absolute atomic E-state index is 0.0178. The molecule has 1 unspecified atom stereocenters. The zero-order valence-corrected chi connectivity index (χ0v) is 11.9. The van der Waals surface area contributed by atoms with Gasteiger partial charge in [-0.1, -0.05) is 31.1 Å². The van der Waals surface area contributed by atoms with Crippen molar-refractivity contribution in [2.24, 2.45) is 11.7 Å². The van der Waals surface area contributed by atoms with Gasteiger partial charge >= 0.3 is 0 Å². The van der Waals surface area contributed by atoms with E-state index in [1.54, 1.807) is 0 Å². The van der Waals surface area contributed by atoms with Gasteiger partial charge in [0.2, 0.25) is 11.0 Å². The van der Waals surface area contributed by atoms with E-state index < -0.39 is 0 Å². The van der Waals surface area contributed by atoms with Crippen molar-refractivity contribution >= 4 is 22.4 Å². The van der Waals surface area contributed by atoms with Crippen LogP contribution in [0.15, 0.2) is 0 Å². The molecular formula is C12H22N4OS. The molecule has 0 saturated carbocycles. The van der Waals surface area contributed by atoms with Gasteiger partial charge in [-0.15, -0.1) is 10.2 Å². The lowest BCUT2D eigenvalue weighted by Crippen LogP contribution is -2.15. The highest BCUT2D eigenvalue weighted by molar-refractivity contribution is 7.15. The Kier molecular flexibility index (Phi) is 6.82. The standard InChI is InChI=1S/C12H22N4OS/c1-3-4-10(7-8-13)5-6-11(17)14-12-16-15-9(2)18-12/h10H,3-8,13H2,1-2H3,(H,14,16,17). The van der Waals surface area contributed by atoms with Gasteiger partial charge in [0.15, 0.2) is 0 Å². The summed E-state index contributed by atoms with van der Waals surface area (Å²) in [5, 5.41) is 12.0. The number of amides is 1. The topological polar surface area (TPSA) is 80.9 Å². The lowest BCUT2D eigenvalue weighted by atomic mass is 9.94. The van der Waals surface area contributed by atoms with Crippen LogP contribution in [0, 0.1) is 12.8 Å². The third kappa shape index (κ3) is 5.55. The zero-order chi connectivity index (χ0) is 13.4. The molecule has 0 radical (unpaired) electrons. The van der Waals surface area contributed by atoms with Crippen molar-refractivity contribution in [3.8, 4) is 0 Å². The molecule has 0 saturated heterocycles. The van der Waals surface area contributed by atoms with Crippen LogP contribution in [0.3, 0.4) is 0 Å². The molecule has 102 valence electrons. The molecule has 1 heterocycles. The molecule has 1 aromatic rings. The monoisotopic (exact) mass is 270 g/mol. The maximum atomic E-state index is 11.7. The molecule has 0 bridgehead atoms. The number of aromatic nitrogens is 2. The second-order valence-corrected chi connectivity index (χ2v) is 5.63. The van der Waals surface area contributed by atoms with Crippen molar-refractivity contribution < 1.29 is 4.79 Å². The molecule has 3 N–H and O–H groups in total. The van der Waals surface area contributed by atoms with E-state index in [-0.39, 0.29) is 5.91 Å². The highest BCUT2D eigenvalue weighted by Gasteiger charge is 2.11. The van der Waals surface area contributed by atoms with Gasteiger partial charge in [0.05, 0.1) is 0 Å². The van der Waals surface area contributed by atoms with Gasteiger partial charge < -0.3 is 11.1 Å². The summed E-state index contributed by atoms with van der Waals surface area (Å²) >= 11 is 1.40. The molecule has 0 aliphatic carbocycles. The van der Waals surface area contributed by atoms with E-state index in [2.05, 4.69) is 22.4 Å². The first-order chi connectivity index (χ1) is 8.65. The number of nitrogens with zero attached hydrogens (tertiary/aromatic N) is 2. The number of hydrogen-bond acceptors (Lipinski definition) is 5. The quantitative estimate of drug-likeness (QED) is 0.759. The molecule has 6 heteroatoms. The smallest absolute Gasteiger partial charge is 0.226 e. The van der Waals surface area contributed by atoms with Crippen molar-refractivity contribution in [1.82, 2.24) is 10.2 Å². The third-order valence-corrected chi connectivity index (χ3v) is 3.58. The SMILES string of the molecule is CCCC(CCN)CCC(=O)Nc1nnc(C)s1. The molecule has 18 heavy (non-hydrogen) atoms. The van der Waals surface area contributed by atoms with Crippen LogP contribution in [0.25, 0.3) is 0 Å². The van der Waals surface area contributed by atoms with Gasteiger partial charge in [-0.25, -0.2) is 0 Å². The van der Waals surface area contributed by atoms with Gasteiger partial charge in [0.1, 0.15) is 5.01 Å². The largest absolute Gasteiger partial charge is 0.330 e. The van der Waals surface area contributed by atoms with E-state index >= 15 is 0 Å². The van der Waals surface area contributed by atoms with E-state index in [1.165, 1.54) is 11.3 Å². The third-order valence-electron chi connectivity index (χ3n) is 2.82. The number of anilines is 1. The van der Waals surface area contributed by atoms with Crippen LogP contribution in [0.1, 0.15) is 44.0 Å². The van der Waals surface area contributed by atoms with Crippen LogP contribution in [-0.4, -0.2) is 22.6 Å². The van der Waals surface area contributed by atoms with Gasteiger partial charge in [-0.2, -0.15) is 0 Å².